The van der Waals surface area contributed by atoms with E-state index in [-0.39, 0.29) is 23.4 Å². The molecule has 0 spiro atoms. The normalized spacial score (nSPS) is 36.7. The molecule has 4 aliphatic rings. The number of halogens is 1. The van der Waals surface area contributed by atoms with E-state index >= 15 is 0 Å². The summed E-state index contributed by atoms with van der Waals surface area (Å²) in [5, 5.41) is 0.773. The SMILES string of the molecule is C=C1CCC[C@]2(C)C[C@H]3OC(=O)[C@H](CN4CC=C(c5ccc(Cl)cc5)CC4)[C@@H]3C[C@H]12. The first-order chi connectivity index (χ1) is 14.4. The fourth-order valence-corrected chi connectivity index (χ4v) is 6.67. The molecule has 0 N–H and O–H groups in total. The van der Waals surface area contributed by atoms with Gasteiger partial charge in [-0.2, -0.15) is 0 Å². The van der Waals surface area contributed by atoms with Gasteiger partial charge in [-0.3, -0.25) is 9.69 Å². The van der Waals surface area contributed by atoms with E-state index in [0.29, 0.717) is 11.8 Å². The summed E-state index contributed by atoms with van der Waals surface area (Å²) >= 11 is 6.02. The van der Waals surface area contributed by atoms with Crippen LogP contribution in [0.4, 0.5) is 0 Å². The highest BCUT2D eigenvalue weighted by Crippen LogP contribution is 2.57. The lowest BCUT2D eigenvalue weighted by Crippen LogP contribution is -2.46. The Balaban J connectivity index is 1.26. The number of ether oxygens (including phenoxy) is 1. The summed E-state index contributed by atoms with van der Waals surface area (Å²) in [5.41, 5.74) is 4.31. The number of carbonyl (C=O) groups is 1. The van der Waals surface area contributed by atoms with Crippen molar-refractivity contribution in [1.29, 1.82) is 0 Å². The summed E-state index contributed by atoms with van der Waals surface area (Å²) in [6, 6.07) is 8.10. The minimum absolute atomic E-state index is 0.0137. The largest absolute Gasteiger partial charge is 0.462 e. The Morgan fingerprint density at radius 2 is 2.07 bits per heavy atom. The van der Waals surface area contributed by atoms with Gasteiger partial charge >= 0.3 is 5.97 Å². The maximum absolute atomic E-state index is 12.8. The van der Waals surface area contributed by atoms with Crippen LogP contribution in [0.25, 0.3) is 5.57 Å². The Bertz CT molecular complexity index is 876. The van der Waals surface area contributed by atoms with Crippen LogP contribution in [0, 0.1) is 23.2 Å². The number of fused-ring (bicyclic) bond motifs is 2. The van der Waals surface area contributed by atoms with Gasteiger partial charge in [0.05, 0.1) is 5.92 Å². The van der Waals surface area contributed by atoms with Crippen molar-refractivity contribution in [2.24, 2.45) is 23.2 Å². The molecule has 30 heavy (non-hydrogen) atoms. The second-order valence-electron chi connectivity index (χ2n) is 10.1. The third-order valence-electron chi connectivity index (χ3n) is 8.28. The van der Waals surface area contributed by atoms with E-state index in [2.05, 4.69) is 36.6 Å². The van der Waals surface area contributed by atoms with E-state index in [4.69, 9.17) is 16.3 Å². The molecule has 2 heterocycles. The predicted molar refractivity (Wildman–Crippen MR) is 121 cm³/mol. The maximum atomic E-state index is 12.8. The molecule has 5 atom stereocenters. The average Bonchev–Trinajstić information content (AvgIpc) is 3.01. The van der Waals surface area contributed by atoms with E-state index in [0.717, 1.165) is 50.3 Å². The molecule has 2 saturated carbocycles. The minimum atomic E-state index is 0.0137. The molecule has 2 aliphatic carbocycles. The molecule has 1 aromatic carbocycles. The zero-order chi connectivity index (χ0) is 20.9. The molecule has 1 aromatic rings. The highest BCUT2D eigenvalue weighted by Gasteiger charge is 2.55. The van der Waals surface area contributed by atoms with Crippen molar-refractivity contribution < 1.29 is 9.53 Å². The Kier molecular flexibility index (Phi) is 5.31. The number of allylic oxidation sites excluding steroid dienone is 1. The van der Waals surface area contributed by atoms with Crippen LogP contribution in [0.3, 0.4) is 0 Å². The van der Waals surface area contributed by atoms with Crippen molar-refractivity contribution in [3.8, 4) is 0 Å². The quantitative estimate of drug-likeness (QED) is 0.456. The lowest BCUT2D eigenvalue weighted by molar-refractivity contribution is -0.146. The third-order valence-corrected chi connectivity index (χ3v) is 8.53. The van der Waals surface area contributed by atoms with Crippen LogP contribution in [0.15, 0.2) is 42.5 Å². The summed E-state index contributed by atoms with van der Waals surface area (Å²) in [7, 11) is 0. The number of esters is 1. The summed E-state index contributed by atoms with van der Waals surface area (Å²) in [6.07, 6.45) is 9.16. The molecule has 3 fully saturated rings. The topological polar surface area (TPSA) is 29.5 Å². The first kappa shape index (κ1) is 20.3. The van der Waals surface area contributed by atoms with Gasteiger partial charge in [-0.25, -0.2) is 0 Å². The van der Waals surface area contributed by atoms with Gasteiger partial charge in [0.25, 0.3) is 0 Å². The van der Waals surface area contributed by atoms with Crippen LogP contribution in [0.2, 0.25) is 5.02 Å². The average molecular weight is 426 g/mol. The van der Waals surface area contributed by atoms with E-state index in [1.165, 1.54) is 29.6 Å². The summed E-state index contributed by atoms with van der Waals surface area (Å²) in [5.74, 6) is 0.958. The first-order valence-electron chi connectivity index (χ1n) is 11.5. The summed E-state index contributed by atoms with van der Waals surface area (Å²) in [4.78, 5) is 15.3. The third kappa shape index (κ3) is 3.65. The number of hydrogen-bond donors (Lipinski definition) is 0. The summed E-state index contributed by atoms with van der Waals surface area (Å²) in [6.45, 7) is 9.51. The highest BCUT2D eigenvalue weighted by atomic mass is 35.5. The van der Waals surface area contributed by atoms with Crippen LogP contribution in [0.1, 0.15) is 51.0 Å². The van der Waals surface area contributed by atoms with Crippen molar-refractivity contribution in [2.45, 2.75) is 51.6 Å². The van der Waals surface area contributed by atoms with E-state index in [9.17, 15) is 4.79 Å². The van der Waals surface area contributed by atoms with Crippen molar-refractivity contribution >= 4 is 23.1 Å². The van der Waals surface area contributed by atoms with Crippen molar-refractivity contribution in [2.75, 3.05) is 19.6 Å². The van der Waals surface area contributed by atoms with Crippen LogP contribution in [-0.4, -0.2) is 36.6 Å². The first-order valence-corrected chi connectivity index (χ1v) is 11.9. The van der Waals surface area contributed by atoms with E-state index in [1.54, 1.807) is 0 Å². The molecule has 4 heteroatoms. The number of hydrogen-bond acceptors (Lipinski definition) is 3. The standard InChI is InChI=1S/C26H32ClNO2/c1-17-4-3-11-26(2)15-24-21(14-23(17)26)22(25(29)30-24)16-28-12-9-19(10-13-28)18-5-7-20(27)8-6-18/h5-9,21-24H,1,3-4,10-16H2,2H3/t21-,22+,23+,24+,26+/m0/s1. The fraction of sp³-hybridized carbons (Fsp3) is 0.577. The molecule has 3 nitrogen and oxygen atoms in total. The molecule has 0 bridgehead atoms. The molecule has 1 saturated heterocycles. The zero-order valence-electron chi connectivity index (χ0n) is 17.9. The molecule has 2 aliphatic heterocycles. The van der Waals surface area contributed by atoms with Gasteiger partial charge < -0.3 is 4.74 Å². The summed E-state index contributed by atoms with van der Waals surface area (Å²) < 4.78 is 5.95. The van der Waals surface area contributed by atoms with Crippen molar-refractivity contribution in [3.63, 3.8) is 0 Å². The van der Waals surface area contributed by atoms with Crippen LogP contribution < -0.4 is 0 Å². The molecule has 0 aromatic heterocycles. The molecular weight excluding hydrogens is 394 g/mol. The van der Waals surface area contributed by atoms with E-state index in [1.807, 2.05) is 12.1 Å². The monoisotopic (exact) mass is 425 g/mol. The molecule has 160 valence electrons. The smallest absolute Gasteiger partial charge is 0.310 e. The van der Waals surface area contributed by atoms with Gasteiger partial charge in [0.15, 0.2) is 0 Å². The lowest BCUT2D eigenvalue weighted by atomic mass is 9.55. The number of nitrogens with zero attached hydrogens (tertiary/aromatic N) is 1. The second-order valence-corrected chi connectivity index (χ2v) is 10.6. The van der Waals surface area contributed by atoms with Gasteiger partial charge in [0.1, 0.15) is 6.10 Å². The molecule has 0 amide bonds. The Hall–Kier alpha value is -1.58. The van der Waals surface area contributed by atoms with Gasteiger partial charge in [-0.1, -0.05) is 48.9 Å². The molecular formula is C26H32ClNO2. The fourth-order valence-electron chi connectivity index (χ4n) is 6.55. The Morgan fingerprint density at radius 1 is 1.27 bits per heavy atom. The molecule has 5 rings (SSSR count). The van der Waals surface area contributed by atoms with Crippen LogP contribution in [0.5, 0.6) is 0 Å². The lowest BCUT2D eigenvalue weighted by Gasteiger charge is -2.50. The Morgan fingerprint density at radius 3 is 2.80 bits per heavy atom. The van der Waals surface area contributed by atoms with Gasteiger partial charge in [0.2, 0.25) is 0 Å². The van der Waals surface area contributed by atoms with Crippen LogP contribution in [-0.2, 0) is 9.53 Å². The van der Waals surface area contributed by atoms with E-state index < -0.39 is 0 Å². The van der Waals surface area contributed by atoms with Gasteiger partial charge in [0, 0.05) is 30.6 Å². The molecule has 0 radical (unpaired) electrons. The van der Waals surface area contributed by atoms with Crippen molar-refractivity contribution in [1.82, 2.24) is 4.90 Å². The second kappa shape index (κ2) is 7.84. The number of benzene rings is 1. The van der Waals surface area contributed by atoms with Crippen molar-refractivity contribution in [3.05, 3.63) is 53.1 Å². The van der Waals surface area contributed by atoms with Gasteiger partial charge in [-0.05, 0) is 73.1 Å². The predicted octanol–water partition coefficient (Wildman–Crippen LogP) is 5.74. The highest BCUT2D eigenvalue weighted by molar-refractivity contribution is 6.30. The minimum Gasteiger partial charge on any atom is -0.462 e. The maximum Gasteiger partial charge on any atom is 0.310 e. The molecule has 0 unspecified atom stereocenters. The number of carbonyl (C=O) groups excluding carboxylic acids is 1. The number of rotatable bonds is 3. The zero-order valence-corrected chi connectivity index (χ0v) is 18.7. The Labute approximate surface area is 185 Å². The van der Waals surface area contributed by atoms with Gasteiger partial charge in [-0.15, -0.1) is 0 Å². The van der Waals surface area contributed by atoms with Crippen LogP contribution >= 0.6 is 11.6 Å².